The highest BCUT2D eigenvalue weighted by Crippen LogP contribution is 2.28. The molecule has 136 valence electrons. The van der Waals surface area contributed by atoms with Crippen LogP contribution in [0.2, 0.25) is 5.02 Å². The summed E-state index contributed by atoms with van der Waals surface area (Å²) in [7, 11) is -2.50. The summed E-state index contributed by atoms with van der Waals surface area (Å²) >= 11 is 5.98. The Morgan fingerprint density at radius 3 is 2.50 bits per heavy atom. The van der Waals surface area contributed by atoms with Crippen LogP contribution in [0.25, 0.3) is 0 Å². The molecule has 0 bridgehead atoms. The van der Waals surface area contributed by atoms with Crippen molar-refractivity contribution in [1.29, 1.82) is 0 Å². The van der Waals surface area contributed by atoms with Crippen LogP contribution in [-0.4, -0.2) is 30.5 Å². The van der Waals surface area contributed by atoms with Gasteiger partial charge in [0.2, 0.25) is 10.0 Å². The van der Waals surface area contributed by atoms with Gasteiger partial charge in [-0.05, 0) is 23.8 Å². The van der Waals surface area contributed by atoms with Gasteiger partial charge in [-0.1, -0.05) is 41.9 Å². The summed E-state index contributed by atoms with van der Waals surface area (Å²) in [6, 6.07) is 13.1. The highest BCUT2D eigenvalue weighted by molar-refractivity contribution is 7.89. The monoisotopic (exact) mass is 392 g/mol. The topological polar surface area (TPSA) is 86.1 Å². The van der Waals surface area contributed by atoms with Crippen molar-refractivity contribution in [1.82, 2.24) is 19.7 Å². The second-order valence-electron chi connectivity index (χ2n) is 5.46. The van der Waals surface area contributed by atoms with E-state index in [-0.39, 0.29) is 17.2 Å². The Kier molecular flexibility index (Phi) is 5.55. The predicted molar refractivity (Wildman–Crippen MR) is 97.5 cm³/mol. The molecule has 1 heterocycles. The van der Waals surface area contributed by atoms with Crippen LogP contribution in [-0.2, 0) is 16.6 Å². The van der Waals surface area contributed by atoms with Crippen molar-refractivity contribution in [3.8, 4) is 5.75 Å². The summed E-state index contributed by atoms with van der Waals surface area (Å²) in [5.41, 5.74) is 0.786. The van der Waals surface area contributed by atoms with Crippen molar-refractivity contribution in [3.63, 3.8) is 0 Å². The van der Waals surface area contributed by atoms with E-state index < -0.39 is 16.1 Å². The van der Waals surface area contributed by atoms with Crippen LogP contribution in [0.15, 0.2) is 65.8 Å². The molecule has 0 aliphatic carbocycles. The van der Waals surface area contributed by atoms with E-state index >= 15 is 0 Å². The van der Waals surface area contributed by atoms with Crippen molar-refractivity contribution in [3.05, 3.63) is 71.5 Å². The third-order valence-corrected chi connectivity index (χ3v) is 5.45. The number of nitrogens with one attached hydrogen (secondary N) is 1. The lowest BCUT2D eigenvalue weighted by Gasteiger charge is -2.20. The Morgan fingerprint density at radius 1 is 1.15 bits per heavy atom. The molecule has 0 spiro atoms. The molecule has 1 N–H and O–H groups in total. The van der Waals surface area contributed by atoms with Gasteiger partial charge in [-0.25, -0.2) is 13.1 Å². The summed E-state index contributed by atoms with van der Waals surface area (Å²) in [6.45, 7) is 0.235. The van der Waals surface area contributed by atoms with Crippen LogP contribution in [0.4, 0.5) is 0 Å². The number of aromatic nitrogens is 3. The van der Waals surface area contributed by atoms with Gasteiger partial charge in [-0.2, -0.15) is 15.0 Å². The van der Waals surface area contributed by atoms with Crippen LogP contribution in [0.1, 0.15) is 11.6 Å². The van der Waals surface area contributed by atoms with Crippen molar-refractivity contribution in [2.75, 3.05) is 7.11 Å². The molecule has 0 aliphatic rings. The van der Waals surface area contributed by atoms with Gasteiger partial charge < -0.3 is 4.74 Å². The number of ether oxygens (including phenoxy) is 1. The molecule has 3 aromatic rings. The Hall–Kier alpha value is -2.42. The average molecular weight is 393 g/mol. The first kappa shape index (κ1) is 18.4. The van der Waals surface area contributed by atoms with E-state index in [0.717, 1.165) is 5.56 Å². The fraction of sp³-hybridized carbons (Fsp3) is 0.176. The van der Waals surface area contributed by atoms with Crippen LogP contribution in [0.5, 0.6) is 5.75 Å². The Bertz CT molecular complexity index is 963. The molecule has 3 rings (SSSR count). The molecule has 0 saturated carbocycles. The first-order valence-corrected chi connectivity index (χ1v) is 9.60. The second kappa shape index (κ2) is 7.86. The number of sulfonamides is 1. The van der Waals surface area contributed by atoms with Gasteiger partial charge >= 0.3 is 0 Å². The van der Waals surface area contributed by atoms with E-state index in [4.69, 9.17) is 16.3 Å². The molecule has 1 aromatic heterocycles. The SMILES string of the molecule is COc1ccc(Cl)cc1S(=O)(=O)N[C@H](Cn1nccn1)c1ccccc1. The zero-order valence-corrected chi connectivity index (χ0v) is 15.5. The van der Waals surface area contributed by atoms with E-state index in [1.54, 1.807) is 6.07 Å². The van der Waals surface area contributed by atoms with E-state index in [1.165, 1.54) is 36.4 Å². The van der Waals surface area contributed by atoms with E-state index in [0.29, 0.717) is 5.02 Å². The van der Waals surface area contributed by atoms with Gasteiger partial charge in [0.1, 0.15) is 10.6 Å². The Balaban J connectivity index is 1.96. The lowest BCUT2D eigenvalue weighted by atomic mass is 10.1. The number of nitrogens with zero attached hydrogens (tertiary/aromatic N) is 3. The zero-order valence-electron chi connectivity index (χ0n) is 13.9. The first-order chi connectivity index (χ1) is 12.5. The van der Waals surface area contributed by atoms with E-state index in [2.05, 4.69) is 14.9 Å². The van der Waals surface area contributed by atoms with Gasteiger partial charge in [0.15, 0.2) is 0 Å². The minimum absolute atomic E-state index is 0.0261. The molecular weight excluding hydrogens is 376 g/mol. The van der Waals surface area contributed by atoms with Crippen molar-refractivity contribution in [2.45, 2.75) is 17.5 Å². The number of rotatable bonds is 7. The maximum atomic E-state index is 13.0. The molecule has 26 heavy (non-hydrogen) atoms. The maximum Gasteiger partial charge on any atom is 0.244 e. The van der Waals surface area contributed by atoms with Crippen molar-refractivity contribution >= 4 is 21.6 Å². The third kappa shape index (κ3) is 4.21. The normalized spacial score (nSPS) is 12.7. The smallest absolute Gasteiger partial charge is 0.244 e. The van der Waals surface area contributed by atoms with Crippen LogP contribution >= 0.6 is 11.6 Å². The number of hydrogen-bond acceptors (Lipinski definition) is 5. The minimum Gasteiger partial charge on any atom is -0.495 e. The van der Waals surface area contributed by atoms with E-state index in [1.807, 2.05) is 30.3 Å². The largest absolute Gasteiger partial charge is 0.495 e. The quantitative estimate of drug-likeness (QED) is 0.668. The molecule has 1 atom stereocenters. The van der Waals surface area contributed by atoms with Gasteiger partial charge in [0.25, 0.3) is 0 Å². The minimum atomic E-state index is -3.90. The molecule has 9 heteroatoms. The van der Waals surface area contributed by atoms with Crippen LogP contribution < -0.4 is 9.46 Å². The van der Waals surface area contributed by atoms with Gasteiger partial charge in [-0.3, -0.25) is 0 Å². The summed E-state index contributed by atoms with van der Waals surface area (Å²) in [5.74, 6) is 0.214. The number of methoxy groups -OCH3 is 1. The molecule has 0 saturated heterocycles. The molecule has 0 radical (unpaired) electrons. The highest BCUT2D eigenvalue weighted by atomic mass is 35.5. The first-order valence-electron chi connectivity index (χ1n) is 7.74. The number of benzene rings is 2. The third-order valence-electron chi connectivity index (χ3n) is 3.73. The van der Waals surface area contributed by atoms with Crippen LogP contribution in [0.3, 0.4) is 0 Å². The van der Waals surface area contributed by atoms with E-state index in [9.17, 15) is 8.42 Å². The fourth-order valence-corrected chi connectivity index (χ4v) is 4.16. The standard InChI is InChI=1S/C17H17ClN4O3S/c1-25-16-8-7-14(18)11-17(16)26(23,24)21-15(12-22-19-9-10-20-22)13-5-3-2-4-6-13/h2-11,15,21H,12H2,1H3/t15-/m1/s1. The van der Waals surface area contributed by atoms with Gasteiger partial charge in [-0.15, -0.1) is 0 Å². The van der Waals surface area contributed by atoms with Gasteiger partial charge in [0, 0.05) is 5.02 Å². The van der Waals surface area contributed by atoms with Gasteiger partial charge in [0.05, 0.1) is 32.1 Å². The van der Waals surface area contributed by atoms with Crippen LogP contribution in [0, 0.1) is 0 Å². The highest BCUT2D eigenvalue weighted by Gasteiger charge is 2.25. The molecule has 0 aliphatic heterocycles. The van der Waals surface area contributed by atoms with Crippen molar-refractivity contribution < 1.29 is 13.2 Å². The lowest BCUT2D eigenvalue weighted by molar-refractivity contribution is 0.400. The molecule has 7 nitrogen and oxygen atoms in total. The molecule has 2 aromatic carbocycles. The molecule has 0 fully saturated rings. The lowest BCUT2D eigenvalue weighted by Crippen LogP contribution is -2.32. The van der Waals surface area contributed by atoms with Crippen molar-refractivity contribution in [2.24, 2.45) is 0 Å². The molecule has 0 unspecified atom stereocenters. The maximum absolute atomic E-state index is 13.0. The Morgan fingerprint density at radius 2 is 1.85 bits per heavy atom. The molecular formula is C17H17ClN4O3S. The summed E-state index contributed by atoms with van der Waals surface area (Å²) in [4.78, 5) is 1.40. The summed E-state index contributed by atoms with van der Waals surface area (Å²) in [6.07, 6.45) is 3.08. The number of hydrogen-bond donors (Lipinski definition) is 1. The average Bonchev–Trinajstić information content (AvgIpc) is 3.15. The Labute approximate surface area is 156 Å². The zero-order chi connectivity index (χ0) is 18.6. The molecule has 0 amide bonds. The predicted octanol–water partition coefficient (Wildman–Crippen LogP) is 2.66. The number of halogens is 1. The fourth-order valence-electron chi connectivity index (χ4n) is 2.51. The second-order valence-corrected chi connectivity index (χ2v) is 7.58. The summed E-state index contributed by atoms with van der Waals surface area (Å²) < 4.78 is 33.8. The summed E-state index contributed by atoms with van der Waals surface area (Å²) in [5, 5.41) is 8.42.